The average molecular weight is 326 g/mol. The third kappa shape index (κ3) is 2.93. The van der Waals surface area contributed by atoms with Crippen LogP contribution in [0, 0.1) is 13.8 Å². The monoisotopic (exact) mass is 326 g/mol. The molecule has 2 aromatic heterocycles. The molecule has 0 atom stereocenters. The molecule has 0 aliphatic carbocycles. The number of benzene rings is 1. The molecule has 0 saturated carbocycles. The maximum Gasteiger partial charge on any atom is 0.292 e. The lowest BCUT2D eigenvalue weighted by Crippen LogP contribution is -2.26. The number of aromatic amines is 1. The zero-order valence-corrected chi connectivity index (χ0v) is 13.5. The fourth-order valence-corrected chi connectivity index (χ4v) is 2.43. The van der Waals surface area contributed by atoms with Crippen molar-refractivity contribution in [3.8, 4) is 11.3 Å². The van der Waals surface area contributed by atoms with E-state index in [1.54, 1.807) is 6.20 Å². The van der Waals surface area contributed by atoms with Gasteiger partial charge in [0, 0.05) is 18.9 Å². The number of amides is 1. The molecule has 3 aromatic rings. The number of carbonyl (C=O) groups excluding carboxylic acids is 1. The van der Waals surface area contributed by atoms with E-state index in [4.69, 9.17) is 5.11 Å². The number of aliphatic hydroxyl groups is 1. The number of imidazole rings is 1. The number of aromatic nitrogens is 3. The molecule has 0 aliphatic heterocycles. The number of carbonyl (C=O) groups is 1. The molecule has 7 heteroatoms. The topological polar surface area (TPSA) is 99.5 Å². The Labute approximate surface area is 138 Å². The van der Waals surface area contributed by atoms with Gasteiger partial charge in [-0.25, -0.2) is 4.98 Å². The molecule has 2 heterocycles. The van der Waals surface area contributed by atoms with Gasteiger partial charge >= 0.3 is 0 Å². The summed E-state index contributed by atoms with van der Waals surface area (Å²) in [5, 5.41) is 11.3. The number of hydrogen-bond donors (Lipinski definition) is 3. The molecule has 0 unspecified atom stereocenters. The third-order valence-electron chi connectivity index (χ3n) is 3.90. The number of rotatable bonds is 4. The minimum Gasteiger partial charge on any atom is -0.395 e. The highest BCUT2D eigenvalue weighted by Crippen LogP contribution is 2.19. The Kier molecular flexibility index (Phi) is 4.18. The van der Waals surface area contributed by atoms with Crippen LogP contribution < -0.4 is 10.9 Å². The summed E-state index contributed by atoms with van der Waals surface area (Å²) in [6.07, 6.45) is 3.23. The number of aryl methyl sites for hydroxylation is 2. The van der Waals surface area contributed by atoms with Crippen LogP contribution in [-0.2, 0) is 0 Å². The quantitative estimate of drug-likeness (QED) is 0.667. The molecule has 24 heavy (non-hydrogen) atoms. The predicted octanol–water partition coefficient (Wildman–Crippen LogP) is 1.03. The van der Waals surface area contributed by atoms with Crippen LogP contribution in [0.4, 0.5) is 0 Å². The SMILES string of the molecule is Cc1ccc(-c2cn3cc(C(=O)NCCO)nc3c(=O)[nH]2)cc1C. The zero-order valence-electron chi connectivity index (χ0n) is 13.5. The molecule has 0 saturated heterocycles. The minimum absolute atomic E-state index is 0.131. The van der Waals surface area contributed by atoms with Crippen molar-refractivity contribution in [3.63, 3.8) is 0 Å². The number of nitrogens with one attached hydrogen (secondary N) is 2. The largest absolute Gasteiger partial charge is 0.395 e. The van der Waals surface area contributed by atoms with E-state index in [-0.39, 0.29) is 30.1 Å². The molecule has 0 aliphatic rings. The maximum atomic E-state index is 12.3. The molecule has 0 bridgehead atoms. The van der Waals surface area contributed by atoms with Crippen molar-refractivity contribution in [2.24, 2.45) is 0 Å². The van der Waals surface area contributed by atoms with Crippen molar-refractivity contribution in [2.75, 3.05) is 13.2 Å². The summed E-state index contributed by atoms with van der Waals surface area (Å²) in [7, 11) is 0. The lowest BCUT2D eigenvalue weighted by Gasteiger charge is -2.06. The van der Waals surface area contributed by atoms with Crippen LogP contribution in [0.25, 0.3) is 16.9 Å². The fourth-order valence-electron chi connectivity index (χ4n) is 2.43. The van der Waals surface area contributed by atoms with Crippen LogP contribution in [0.15, 0.2) is 35.4 Å². The number of nitrogens with zero attached hydrogens (tertiary/aromatic N) is 2. The van der Waals surface area contributed by atoms with Crippen molar-refractivity contribution < 1.29 is 9.90 Å². The maximum absolute atomic E-state index is 12.3. The van der Waals surface area contributed by atoms with Crippen molar-refractivity contribution in [1.82, 2.24) is 19.7 Å². The van der Waals surface area contributed by atoms with Gasteiger partial charge in [-0.1, -0.05) is 12.1 Å². The predicted molar refractivity (Wildman–Crippen MR) is 90.1 cm³/mol. The normalized spacial score (nSPS) is 11.0. The van der Waals surface area contributed by atoms with Crippen molar-refractivity contribution in [2.45, 2.75) is 13.8 Å². The Morgan fingerprint density at radius 3 is 2.79 bits per heavy atom. The summed E-state index contributed by atoms with van der Waals surface area (Å²) in [6.45, 7) is 4.02. The Balaban J connectivity index is 2.05. The Hall–Kier alpha value is -2.93. The highest BCUT2D eigenvalue weighted by molar-refractivity contribution is 5.92. The molecule has 1 aromatic carbocycles. The van der Waals surface area contributed by atoms with E-state index in [1.807, 2.05) is 32.0 Å². The van der Waals surface area contributed by atoms with Crippen molar-refractivity contribution in [1.29, 1.82) is 0 Å². The van der Waals surface area contributed by atoms with Crippen LogP contribution in [0.1, 0.15) is 21.6 Å². The van der Waals surface area contributed by atoms with Crippen LogP contribution in [0.5, 0.6) is 0 Å². The first-order chi connectivity index (χ1) is 11.5. The van der Waals surface area contributed by atoms with Gasteiger partial charge in [0.15, 0.2) is 0 Å². The lowest BCUT2D eigenvalue weighted by molar-refractivity contribution is 0.0940. The first-order valence-electron chi connectivity index (χ1n) is 7.58. The van der Waals surface area contributed by atoms with E-state index in [9.17, 15) is 9.59 Å². The standard InChI is InChI=1S/C17H18N4O3/c1-10-3-4-12(7-11(10)2)13-8-21-9-14(16(23)18-5-6-22)19-15(21)17(24)20-13/h3-4,7-9,22H,5-6H2,1-2H3,(H,18,23)(H,20,24). The van der Waals surface area contributed by atoms with Crippen LogP contribution in [0.3, 0.4) is 0 Å². The average Bonchev–Trinajstić information content (AvgIpc) is 3.00. The lowest BCUT2D eigenvalue weighted by atomic mass is 10.0. The van der Waals surface area contributed by atoms with Gasteiger partial charge in [-0.2, -0.15) is 0 Å². The number of fused-ring (bicyclic) bond motifs is 1. The number of hydrogen-bond acceptors (Lipinski definition) is 4. The van der Waals surface area contributed by atoms with E-state index in [0.717, 1.165) is 11.1 Å². The van der Waals surface area contributed by atoms with Gasteiger partial charge in [-0.15, -0.1) is 0 Å². The molecular weight excluding hydrogens is 308 g/mol. The second-order valence-electron chi connectivity index (χ2n) is 5.63. The molecule has 3 rings (SSSR count). The van der Waals surface area contributed by atoms with Crippen LogP contribution in [0.2, 0.25) is 0 Å². The molecule has 7 nitrogen and oxygen atoms in total. The van der Waals surface area contributed by atoms with E-state index < -0.39 is 5.91 Å². The summed E-state index contributed by atoms with van der Waals surface area (Å²) in [4.78, 5) is 31.0. The second kappa shape index (κ2) is 6.29. The van der Waals surface area contributed by atoms with Gasteiger partial charge < -0.3 is 15.4 Å². The Bertz CT molecular complexity index is 972. The van der Waals surface area contributed by atoms with Gasteiger partial charge in [0.05, 0.1) is 12.3 Å². The molecule has 0 spiro atoms. The summed E-state index contributed by atoms with van der Waals surface area (Å²) in [5.74, 6) is -0.431. The Morgan fingerprint density at radius 1 is 1.29 bits per heavy atom. The molecule has 0 fully saturated rings. The summed E-state index contributed by atoms with van der Waals surface area (Å²) < 4.78 is 1.54. The molecule has 3 N–H and O–H groups in total. The van der Waals surface area contributed by atoms with Gasteiger partial charge in [-0.3, -0.25) is 14.0 Å². The number of aliphatic hydroxyl groups excluding tert-OH is 1. The zero-order chi connectivity index (χ0) is 17.3. The van der Waals surface area contributed by atoms with Gasteiger partial charge in [0.2, 0.25) is 5.65 Å². The van der Waals surface area contributed by atoms with Crippen molar-refractivity contribution in [3.05, 3.63) is 57.8 Å². The molecular formula is C17H18N4O3. The summed E-state index contributed by atoms with van der Waals surface area (Å²) in [6, 6.07) is 5.93. The van der Waals surface area contributed by atoms with Crippen LogP contribution >= 0.6 is 0 Å². The first kappa shape index (κ1) is 15.9. The minimum atomic E-state index is -0.431. The first-order valence-corrected chi connectivity index (χ1v) is 7.58. The fraction of sp³-hybridized carbons (Fsp3) is 0.235. The van der Waals surface area contributed by atoms with E-state index in [1.165, 1.54) is 16.2 Å². The van der Waals surface area contributed by atoms with Crippen molar-refractivity contribution >= 4 is 11.6 Å². The van der Waals surface area contributed by atoms with Gasteiger partial charge in [0.25, 0.3) is 11.5 Å². The molecule has 0 radical (unpaired) electrons. The summed E-state index contributed by atoms with van der Waals surface area (Å²) >= 11 is 0. The van der Waals surface area contributed by atoms with E-state index in [2.05, 4.69) is 15.3 Å². The van der Waals surface area contributed by atoms with Gasteiger partial charge in [0.1, 0.15) is 5.69 Å². The van der Waals surface area contributed by atoms with E-state index >= 15 is 0 Å². The second-order valence-corrected chi connectivity index (χ2v) is 5.63. The molecule has 124 valence electrons. The van der Waals surface area contributed by atoms with Crippen LogP contribution in [-0.4, -0.2) is 38.5 Å². The van der Waals surface area contributed by atoms with Gasteiger partial charge in [-0.05, 0) is 36.6 Å². The van der Waals surface area contributed by atoms with E-state index in [0.29, 0.717) is 5.69 Å². The third-order valence-corrected chi connectivity index (χ3v) is 3.90. The smallest absolute Gasteiger partial charge is 0.292 e. The molecule has 1 amide bonds. The summed E-state index contributed by atoms with van der Waals surface area (Å²) in [5.41, 5.74) is 3.75. The number of H-pyrrole nitrogens is 1. The highest BCUT2D eigenvalue weighted by atomic mass is 16.3. The highest BCUT2D eigenvalue weighted by Gasteiger charge is 2.13. The Morgan fingerprint density at radius 2 is 2.08 bits per heavy atom.